The average Bonchev–Trinajstić information content (AvgIpc) is 3.14. The molecule has 1 aromatic rings. The Balaban J connectivity index is 0.00000392. The van der Waals surface area contributed by atoms with Crippen LogP contribution < -0.4 is 10.6 Å². The maximum Gasteiger partial charge on any atom is 0.191 e. The number of rotatable bonds is 8. The molecule has 1 aliphatic heterocycles. The normalized spacial score (nSPS) is 19.2. The Morgan fingerprint density at radius 3 is 2.57 bits per heavy atom. The number of nitrogens with zero attached hydrogens (tertiary/aromatic N) is 2. The molecule has 0 saturated carbocycles. The first-order valence-corrected chi connectivity index (χ1v) is 9.19. The summed E-state index contributed by atoms with van der Waals surface area (Å²) in [5.41, 5.74) is 0.0445. The Bertz CT molecular complexity index is 608. The van der Waals surface area contributed by atoms with Crippen LogP contribution in [-0.4, -0.2) is 70.5 Å². The van der Waals surface area contributed by atoms with Gasteiger partial charge in [-0.2, -0.15) is 0 Å². The number of ether oxygens (including phenoxy) is 2. The lowest BCUT2D eigenvalue weighted by Crippen LogP contribution is -2.46. The third kappa shape index (κ3) is 7.41. The van der Waals surface area contributed by atoms with E-state index in [9.17, 15) is 8.78 Å². The minimum absolute atomic E-state index is 0. The van der Waals surface area contributed by atoms with Gasteiger partial charge in [0.15, 0.2) is 5.96 Å². The van der Waals surface area contributed by atoms with Crippen LogP contribution in [0.3, 0.4) is 0 Å². The van der Waals surface area contributed by atoms with Gasteiger partial charge < -0.3 is 25.0 Å². The van der Waals surface area contributed by atoms with E-state index in [0.717, 1.165) is 13.0 Å². The summed E-state index contributed by atoms with van der Waals surface area (Å²) in [6.45, 7) is 4.19. The maximum absolute atomic E-state index is 14.2. The highest BCUT2D eigenvalue weighted by atomic mass is 127. The van der Waals surface area contributed by atoms with Gasteiger partial charge in [0.1, 0.15) is 11.6 Å². The first-order valence-electron chi connectivity index (χ1n) is 9.19. The van der Waals surface area contributed by atoms with E-state index < -0.39 is 17.7 Å². The van der Waals surface area contributed by atoms with Crippen LogP contribution in [-0.2, 0) is 9.47 Å². The molecule has 0 bridgehead atoms. The Labute approximate surface area is 183 Å². The van der Waals surface area contributed by atoms with Crippen LogP contribution in [0.4, 0.5) is 8.78 Å². The first kappa shape index (κ1) is 25.0. The van der Waals surface area contributed by atoms with Crippen molar-refractivity contribution in [2.75, 3.05) is 47.5 Å². The van der Waals surface area contributed by atoms with Crippen LogP contribution in [0.25, 0.3) is 0 Å². The Morgan fingerprint density at radius 2 is 2.04 bits per heavy atom. The molecule has 0 radical (unpaired) electrons. The number of likely N-dealkylation sites (N-methyl/N-ethyl adjacent to an activating group) is 1. The van der Waals surface area contributed by atoms with E-state index in [1.807, 2.05) is 6.92 Å². The molecule has 6 nitrogen and oxygen atoms in total. The predicted octanol–water partition coefficient (Wildman–Crippen LogP) is 2.54. The summed E-state index contributed by atoms with van der Waals surface area (Å²) < 4.78 is 39.4. The third-order valence-electron chi connectivity index (χ3n) is 4.50. The molecule has 160 valence electrons. The zero-order chi connectivity index (χ0) is 19.8. The Kier molecular flexibility index (Phi) is 11.2. The van der Waals surface area contributed by atoms with Gasteiger partial charge in [-0.1, -0.05) is 6.07 Å². The Hall–Kier alpha value is -1.04. The molecular formula is C19H31F2IN4O2. The summed E-state index contributed by atoms with van der Waals surface area (Å²) in [5.74, 6) is -0.560. The van der Waals surface area contributed by atoms with Crippen molar-refractivity contribution in [3.63, 3.8) is 0 Å². The second-order valence-electron chi connectivity index (χ2n) is 6.93. The standard InChI is InChI=1S/C19H30F2N4O2.HI/c1-13(11-27-14-8-9-26-12-14)24-19(22-2)23-10-17(25(3)4)18-15(20)6-5-7-16(18)21;/h5-7,13-14,17H,8-12H2,1-4H3,(H2,22,23,24);1H. The van der Waals surface area contributed by atoms with Crippen LogP contribution in [0.15, 0.2) is 23.2 Å². The number of benzene rings is 1. The number of hydrogen-bond donors (Lipinski definition) is 2. The molecular weight excluding hydrogens is 481 g/mol. The van der Waals surface area contributed by atoms with Gasteiger partial charge in [0.2, 0.25) is 0 Å². The largest absolute Gasteiger partial charge is 0.379 e. The maximum atomic E-state index is 14.2. The molecule has 1 heterocycles. The van der Waals surface area contributed by atoms with Crippen molar-refractivity contribution < 1.29 is 18.3 Å². The SMILES string of the molecule is CN=C(NCC(c1c(F)cccc1F)N(C)C)NC(C)COC1CCOC1.I. The molecule has 2 N–H and O–H groups in total. The third-order valence-corrected chi connectivity index (χ3v) is 4.50. The highest BCUT2D eigenvalue weighted by Gasteiger charge is 2.23. The van der Waals surface area contributed by atoms with Gasteiger partial charge >= 0.3 is 0 Å². The van der Waals surface area contributed by atoms with Crippen LogP contribution in [0.2, 0.25) is 0 Å². The van der Waals surface area contributed by atoms with Gasteiger partial charge in [-0.15, -0.1) is 24.0 Å². The van der Waals surface area contributed by atoms with Gasteiger partial charge in [-0.05, 0) is 39.6 Å². The van der Waals surface area contributed by atoms with Crippen molar-refractivity contribution in [2.24, 2.45) is 4.99 Å². The monoisotopic (exact) mass is 512 g/mol. The van der Waals surface area contributed by atoms with Crippen molar-refractivity contribution in [3.8, 4) is 0 Å². The first-order chi connectivity index (χ1) is 12.9. The number of halogens is 3. The average molecular weight is 512 g/mol. The van der Waals surface area contributed by atoms with E-state index in [4.69, 9.17) is 9.47 Å². The molecule has 1 aromatic carbocycles. The lowest BCUT2D eigenvalue weighted by Gasteiger charge is -2.27. The van der Waals surface area contributed by atoms with Crippen molar-refractivity contribution in [1.29, 1.82) is 0 Å². The zero-order valence-corrected chi connectivity index (χ0v) is 19.2. The minimum atomic E-state index is -0.556. The molecule has 2 rings (SSSR count). The van der Waals surface area contributed by atoms with E-state index >= 15 is 0 Å². The van der Waals surface area contributed by atoms with Crippen molar-refractivity contribution >= 4 is 29.9 Å². The van der Waals surface area contributed by atoms with Crippen molar-refractivity contribution in [2.45, 2.75) is 31.5 Å². The summed E-state index contributed by atoms with van der Waals surface area (Å²) in [6, 6.07) is 3.46. The Morgan fingerprint density at radius 1 is 1.36 bits per heavy atom. The molecule has 0 aliphatic carbocycles. The van der Waals surface area contributed by atoms with Gasteiger partial charge in [0.25, 0.3) is 0 Å². The predicted molar refractivity (Wildman–Crippen MR) is 117 cm³/mol. The van der Waals surface area contributed by atoms with E-state index in [2.05, 4.69) is 15.6 Å². The molecule has 28 heavy (non-hydrogen) atoms. The van der Waals surface area contributed by atoms with Gasteiger partial charge in [-0.25, -0.2) is 8.78 Å². The van der Waals surface area contributed by atoms with Crippen LogP contribution in [0.1, 0.15) is 24.9 Å². The second-order valence-corrected chi connectivity index (χ2v) is 6.93. The van der Waals surface area contributed by atoms with Gasteiger partial charge in [0, 0.05) is 31.8 Å². The van der Waals surface area contributed by atoms with Crippen molar-refractivity contribution in [3.05, 3.63) is 35.4 Å². The van der Waals surface area contributed by atoms with Crippen LogP contribution in [0, 0.1) is 11.6 Å². The fraction of sp³-hybridized carbons (Fsp3) is 0.632. The summed E-state index contributed by atoms with van der Waals surface area (Å²) in [5, 5.41) is 6.38. The molecule has 0 aromatic heterocycles. The molecule has 1 fully saturated rings. The zero-order valence-electron chi connectivity index (χ0n) is 16.9. The van der Waals surface area contributed by atoms with E-state index in [0.29, 0.717) is 25.7 Å². The second kappa shape index (κ2) is 12.5. The smallest absolute Gasteiger partial charge is 0.191 e. The molecule has 3 atom stereocenters. The highest BCUT2D eigenvalue weighted by molar-refractivity contribution is 14.0. The van der Waals surface area contributed by atoms with Gasteiger partial charge in [0.05, 0.1) is 25.4 Å². The number of guanidine groups is 1. The van der Waals surface area contributed by atoms with Crippen molar-refractivity contribution in [1.82, 2.24) is 15.5 Å². The summed E-state index contributed by atoms with van der Waals surface area (Å²) in [4.78, 5) is 5.96. The fourth-order valence-electron chi connectivity index (χ4n) is 2.96. The summed E-state index contributed by atoms with van der Waals surface area (Å²) >= 11 is 0. The molecule has 9 heteroatoms. The van der Waals surface area contributed by atoms with E-state index in [1.165, 1.54) is 18.2 Å². The van der Waals surface area contributed by atoms with Gasteiger partial charge in [-0.3, -0.25) is 4.99 Å². The summed E-state index contributed by atoms with van der Waals surface area (Å²) in [7, 11) is 5.23. The number of hydrogen-bond acceptors (Lipinski definition) is 4. The molecule has 0 amide bonds. The summed E-state index contributed by atoms with van der Waals surface area (Å²) in [6.07, 6.45) is 1.06. The molecule has 1 saturated heterocycles. The van der Waals surface area contributed by atoms with Crippen LogP contribution >= 0.6 is 24.0 Å². The number of nitrogens with one attached hydrogen (secondary N) is 2. The minimum Gasteiger partial charge on any atom is -0.379 e. The molecule has 3 unspecified atom stereocenters. The lowest BCUT2D eigenvalue weighted by molar-refractivity contribution is 0.0347. The molecule has 0 spiro atoms. The lowest BCUT2D eigenvalue weighted by atomic mass is 10.0. The van der Waals surface area contributed by atoms with E-state index in [-0.39, 0.29) is 41.7 Å². The topological polar surface area (TPSA) is 58.1 Å². The fourth-order valence-corrected chi connectivity index (χ4v) is 2.96. The van der Waals surface area contributed by atoms with Crippen LogP contribution in [0.5, 0.6) is 0 Å². The molecule has 1 aliphatic rings. The number of aliphatic imine (C=N–C) groups is 1. The van der Waals surface area contributed by atoms with E-state index in [1.54, 1.807) is 26.0 Å². The highest BCUT2D eigenvalue weighted by Crippen LogP contribution is 2.23. The quantitative estimate of drug-likeness (QED) is 0.319.